The molecule has 0 saturated carbocycles. The van der Waals surface area contributed by atoms with Crippen LogP contribution in [0.1, 0.15) is 0 Å². The number of anilines is 9. The van der Waals surface area contributed by atoms with Gasteiger partial charge >= 0.3 is 0 Å². The summed E-state index contributed by atoms with van der Waals surface area (Å²) in [5.74, 6) is 0. The first-order valence-corrected chi connectivity index (χ1v) is 17.9. The quantitative estimate of drug-likeness (QED) is 0.180. The normalized spacial score (nSPS) is 14.1. The van der Waals surface area contributed by atoms with E-state index in [4.69, 9.17) is 0 Å². The summed E-state index contributed by atoms with van der Waals surface area (Å²) in [6, 6.07) is 65.3. The van der Waals surface area contributed by atoms with Crippen molar-refractivity contribution in [3.63, 3.8) is 0 Å². The first-order valence-electron chi connectivity index (χ1n) is 17.9. The molecule has 4 aliphatic heterocycles. The molecule has 0 radical (unpaired) electrons. The first kappa shape index (κ1) is 27.4. The number of rotatable bonds is 2. The van der Waals surface area contributed by atoms with Crippen LogP contribution in [0.15, 0.2) is 176 Å². The van der Waals surface area contributed by atoms with Crippen LogP contribution >= 0.6 is 0 Å². The zero-order chi connectivity index (χ0) is 33.2. The van der Waals surface area contributed by atoms with Gasteiger partial charge in [0, 0.05) is 56.6 Å². The summed E-state index contributed by atoms with van der Waals surface area (Å²) in [6.45, 7) is 0.176. The number of fused-ring (bicyclic) bond motifs is 11. The zero-order valence-corrected chi connectivity index (χ0v) is 27.7. The summed E-state index contributed by atoms with van der Waals surface area (Å²) in [4.78, 5) is 7.60. The lowest BCUT2D eigenvalue weighted by atomic mass is 9.29. The molecule has 0 unspecified atom stereocenters. The van der Waals surface area contributed by atoms with Crippen molar-refractivity contribution in [2.24, 2.45) is 0 Å². The standard InChI is InChI=1S/C46H29B2N3/c1-3-15-31(16-4-1)49-38-22-11-9-20-34(38)47-37-28-29-42-44-46(37)51(41-25-13-24-40(49)43(41)47)45-33-19-8-7-14-30(33)26-27-36(45)48(44)35-21-10-12-23-39(35)50(42)32-17-5-2-6-18-32/h1-29H. The maximum Gasteiger partial charge on any atom is 0.252 e. The average Bonchev–Trinajstić information content (AvgIpc) is 3.20. The predicted octanol–water partition coefficient (Wildman–Crippen LogP) is 7.54. The summed E-state index contributed by atoms with van der Waals surface area (Å²) in [6.07, 6.45) is 0. The lowest BCUT2D eigenvalue weighted by molar-refractivity contribution is 1.25. The van der Waals surface area contributed by atoms with Gasteiger partial charge in [0.1, 0.15) is 0 Å². The molecular weight excluding hydrogens is 616 g/mol. The van der Waals surface area contributed by atoms with Crippen LogP contribution in [0.3, 0.4) is 0 Å². The third-order valence-corrected chi connectivity index (χ3v) is 11.6. The van der Waals surface area contributed by atoms with Gasteiger partial charge in [-0.15, -0.1) is 0 Å². The summed E-state index contributed by atoms with van der Waals surface area (Å²) < 4.78 is 0. The molecule has 0 atom stereocenters. The minimum atomic E-state index is 0.0865. The first-order chi connectivity index (χ1) is 25.4. The van der Waals surface area contributed by atoms with E-state index in [0.717, 1.165) is 0 Å². The Morgan fingerprint density at radius 2 is 0.784 bits per heavy atom. The van der Waals surface area contributed by atoms with Crippen molar-refractivity contribution in [2.45, 2.75) is 0 Å². The van der Waals surface area contributed by atoms with Crippen molar-refractivity contribution in [3.05, 3.63) is 176 Å². The maximum absolute atomic E-state index is 2.64. The highest BCUT2D eigenvalue weighted by atomic mass is 15.2. The summed E-state index contributed by atoms with van der Waals surface area (Å²) in [5.41, 5.74) is 19.4. The second kappa shape index (κ2) is 10.1. The molecule has 3 nitrogen and oxygen atoms in total. The van der Waals surface area contributed by atoms with E-state index in [9.17, 15) is 0 Å². The maximum atomic E-state index is 2.64. The highest BCUT2D eigenvalue weighted by molar-refractivity contribution is 7.04. The molecule has 4 heterocycles. The summed E-state index contributed by atoms with van der Waals surface area (Å²) in [5, 5.41) is 2.54. The number of hydrogen-bond donors (Lipinski definition) is 0. The Hall–Kier alpha value is -6.45. The van der Waals surface area contributed by atoms with Gasteiger partial charge in [-0.3, -0.25) is 0 Å². The molecule has 0 bridgehead atoms. The number of hydrogen-bond acceptors (Lipinski definition) is 3. The van der Waals surface area contributed by atoms with Crippen molar-refractivity contribution >= 4 is 108 Å². The molecule has 8 aromatic rings. The predicted molar refractivity (Wildman–Crippen MR) is 217 cm³/mol. The van der Waals surface area contributed by atoms with Crippen LogP contribution in [0, 0.1) is 0 Å². The molecule has 12 rings (SSSR count). The molecular formula is C46H29B2N3. The fourth-order valence-electron chi connectivity index (χ4n) is 9.71. The number of nitrogens with zero attached hydrogens (tertiary/aromatic N) is 3. The molecule has 8 aromatic carbocycles. The van der Waals surface area contributed by atoms with Crippen molar-refractivity contribution < 1.29 is 0 Å². The highest BCUT2D eigenvalue weighted by Crippen LogP contribution is 2.48. The SMILES string of the molecule is c1ccc(N2c3ccccc3B3c4ccc5c6c4N(c4cccc2c43)c2c(ccc3ccccc23)B6c2ccccc2N5c2ccccc2)cc1. The molecule has 51 heavy (non-hydrogen) atoms. The molecule has 5 heteroatoms. The zero-order valence-electron chi connectivity index (χ0n) is 27.7. The van der Waals surface area contributed by atoms with Crippen LogP contribution in [-0.4, -0.2) is 13.4 Å². The van der Waals surface area contributed by atoms with Crippen LogP contribution in [0.2, 0.25) is 0 Å². The second-order valence-electron chi connectivity index (χ2n) is 14.0. The number of para-hydroxylation sites is 4. The smallest absolute Gasteiger partial charge is 0.252 e. The van der Waals surface area contributed by atoms with Gasteiger partial charge in [-0.1, -0.05) is 121 Å². The molecule has 0 spiro atoms. The van der Waals surface area contributed by atoms with Gasteiger partial charge in [0.05, 0.1) is 0 Å². The van der Waals surface area contributed by atoms with Gasteiger partial charge in [-0.25, -0.2) is 0 Å². The van der Waals surface area contributed by atoms with E-state index in [1.165, 1.54) is 94.7 Å². The Bertz CT molecular complexity index is 2750. The van der Waals surface area contributed by atoms with E-state index < -0.39 is 0 Å². The van der Waals surface area contributed by atoms with E-state index in [0.29, 0.717) is 0 Å². The van der Waals surface area contributed by atoms with Crippen molar-refractivity contribution in [3.8, 4) is 0 Å². The van der Waals surface area contributed by atoms with Gasteiger partial charge in [-0.2, -0.15) is 0 Å². The van der Waals surface area contributed by atoms with E-state index in [2.05, 4.69) is 191 Å². The molecule has 0 aliphatic carbocycles. The van der Waals surface area contributed by atoms with E-state index in [1.807, 2.05) is 0 Å². The van der Waals surface area contributed by atoms with Crippen LogP contribution in [0.4, 0.5) is 51.2 Å². The van der Waals surface area contributed by atoms with Crippen LogP contribution in [0.5, 0.6) is 0 Å². The van der Waals surface area contributed by atoms with E-state index in [-0.39, 0.29) is 13.4 Å². The fraction of sp³-hybridized carbons (Fsp3) is 0. The molecule has 0 fully saturated rings. The fourth-order valence-corrected chi connectivity index (χ4v) is 9.71. The van der Waals surface area contributed by atoms with E-state index >= 15 is 0 Å². The van der Waals surface area contributed by atoms with Gasteiger partial charge in [0.15, 0.2) is 0 Å². The van der Waals surface area contributed by atoms with Crippen molar-refractivity contribution in [1.29, 1.82) is 0 Å². The molecule has 4 aliphatic rings. The topological polar surface area (TPSA) is 9.72 Å². The third kappa shape index (κ3) is 3.50. The van der Waals surface area contributed by atoms with Gasteiger partial charge in [0.25, 0.3) is 13.4 Å². The lowest BCUT2D eigenvalue weighted by Gasteiger charge is -2.50. The Labute approximate surface area is 297 Å². The Balaban J connectivity index is 1.24. The molecule has 0 saturated heterocycles. The lowest BCUT2D eigenvalue weighted by Crippen LogP contribution is -2.68. The minimum Gasteiger partial charge on any atom is -0.312 e. The van der Waals surface area contributed by atoms with Crippen molar-refractivity contribution in [2.75, 3.05) is 14.7 Å². The van der Waals surface area contributed by atoms with Crippen LogP contribution in [0.25, 0.3) is 10.8 Å². The van der Waals surface area contributed by atoms with Crippen molar-refractivity contribution in [1.82, 2.24) is 0 Å². The molecule has 0 N–H and O–H groups in total. The van der Waals surface area contributed by atoms with Crippen LogP contribution < -0.4 is 47.5 Å². The molecule has 0 amide bonds. The Kier molecular flexibility index (Phi) is 5.40. The molecule has 0 aromatic heterocycles. The average molecular weight is 645 g/mol. The van der Waals surface area contributed by atoms with Crippen LogP contribution in [-0.2, 0) is 0 Å². The van der Waals surface area contributed by atoms with Gasteiger partial charge in [-0.05, 0) is 92.8 Å². The largest absolute Gasteiger partial charge is 0.312 e. The minimum absolute atomic E-state index is 0.0865. The summed E-state index contributed by atoms with van der Waals surface area (Å²) in [7, 11) is 0. The Morgan fingerprint density at radius 1 is 0.294 bits per heavy atom. The third-order valence-electron chi connectivity index (χ3n) is 11.6. The highest BCUT2D eigenvalue weighted by Gasteiger charge is 2.50. The second-order valence-corrected chi connectivity index (χ2v) is 14.0. The number of benzene rings is 8. The summed E-state index contributed by atoms with van der Waals surface area (Å²) >= 11 is 0. The molecule has 234 valence electrons. The van der Waals surface area contributed by atoms with Gasteiger partial charge < -0.3 is 14.7 Å². The van der Waals surface area contributed by atoms with Gasteiger partial charge in [0.2, 0.25) is 0 Å². The monoisotopic (exact) mass is 645 g/mol. The van der Waals surface area contributed by atoms with E-state index in [1.54, 1.807) is 0 Å². The Morgan fingerprint density at radius 3 is 1.47 bits per heavy atom.